The van der Waals surface area contributed by atoms with Crippen molar-refractivity contribution in [1.29, 1.82) is 0 Å². The van der Waals surface area contributed by atoms with Gasteiger partial charge in [-0.05, 0) is 50.3 Å². The molecule has 122 valence electrons. The quantitative estimate of drug-likeness (QED) is 0.866. The molecule has 22 heavy (non-hydrogen) atoms. The van der Waals surface area contributed by atoms with Crippen molar-refractivity contribution in [2.24, 2.45) is 5.92 Å². The topological polar surface area (TPSA) is 33.3 Å². The Kier molecular flexibility index (Phi) is 5.61. The van der Waals surface area contributed by atoms with Crippen molar-refractivity contribution in [3.05, 3.63) is 28.8 Å². The van der Waals surface area contributed by atoms with Crippen LogP contribution in [0.25, 0.3) is 0 Å². The van der Waals surface area contributed by atoms with Crippen molar-refractivity contribution in [3.8, 4) is 5.75 Å². The lowest BCUT2D eigenvalue weighted by atomic mass is 9.88. The third-order valence-corrected chi connectivity index (χ3v) is 5.63. The third kappa shape index (κ3) is 3.58. The van der Waals surface area contributed by atoms with Gasteiger partial charge in [-0.1, -0.05) is 30.5 Å². The van der Waals surface area contributed by atoms with Gasteiger partial charge in [-0.3, -0.25) is 0 Å². The number of piperidine rings is 1. The molecule has 0 spiro atoms. The molecule has 3 nitrogen and oxygen atoms in total. The first-order valence-corrected chi connectivity index (χ1v) is 8.95. The second kappa shape index (κ2) is 7.67. The molecule has 3 unspecified atom stereocenters. The summed E-state index contributed by atoms with van der Waals surface area (Å²) in [5.41, 5.74) is 1.08. The van der Waals surface area contributed by atoms with Gasteiger partial charge in [0.15, 0.2) is 0 Å². The molecule has 0 radical (unpaired) electrons. The van der Waals surface area contributed by atoms with Crippen LogP contribution in [0.1, 0.15) is 44.1 Å². The molecule has 3 rings (SSSR count). The van der Waals surface area contributed by atoms with Crippen molar-refractivity contribution >= 4 is 11.6 Å². The van der Waals surface area contributed by atoms with E-state index in [0.717, 1.165) is 28.8 Å². The number of rotatable bonds is 5. The highest BCUT2D eigenvalue weighted by molar-refractivity contribution is 6.31. The summed E-state index contributed by atoms with van der Waals surface area (Å²) in [7, 11) is 1.71. The second-order valence-electron chi connectivity index (χ2n) is 6.56. The summed E-state index contributed by atoms with van der Waals surface area (Å²) < 4.78 is 5.45. The van der Waals surface area contributed by atoms with Crippen LogP contribution >= 0.6 is 11.6 Å². The average molecular weight is 323 g/mol. The average Bonchev–Trinajstić information content (AvgIpc) is 3.03. The molecule has 4 heteroatoms. The third-order valence-electron chi connectivity index (χ3n) is 5.27. The van der Waals surface area contributed by atoms with Crippen LogP contribution in [0.5, 0.6) is 5.75 Å². The fourth-order valence-electron chi connectivity index (χ4n) is 4.10. The largest absolute Gasteiger partial charge is 0.496 e. The van der Waals surface area contributed by atoms with Gasteiger partial charge in [0, 0.05) is 29.2 Å². The molecule has 2 N–H and O–H groups in total. The summed E-state index contributed by atoms with van der Waals surface area (Å²) >= 11 is 6.35. The van der Waals surface area contributed by atoms with E-state index in [-0.39, 0.29) is 0 Å². The molecular weight excluding hydrogens is 296 g/mol. The molecule has 1 aliphatic carbocycles. The lowest BCUT2D eigenvalue weighted by Gasteiger charge is -2.33. The van der Waals surface area contributed by atoms with Gasteiger partial charge in [-0.25, -0.2) is 0 Å². The van der Waals surface area contributed by atoms with Gasteiger partial charge in [0.1, 0.15) is 5.75 Å². The minimum atomic E-state index is 0.594. The summed E-state index contributed by atoms with van der Waals surface area (Å²) in [6, 6.07) is 7.15. The van der Waals surface area contributed by atoms with Crippen LogP contribution < -0.4 is 15.4 Å². The van der Waals surface area contributed by atoms with E-state index < -0.39 is 0 Å². The normalized spacial score (nSPS) is 28.7. The molecule has 2 fully saturated rings. The maximum atomic E-state index is 6.35. The van der Waals surface area contributed by atoms with Gasteiger partial charge in [0.05, 0.1) is 7.11 Å². The van der Waals surface area contributed by atoms with Crippen LogP contribution in [0.3, 0.4) is 0 Å². The van der Waals surface area contributed by atoms with E-state index in [2.05, 4.69) is 10.6 Å². The zero-order chi connectivity index (χ0) is 15.4. The first kappa shape index (κ1) is 16.1. The van der Waals surface area contributed by atoms with E-state index in [1.165, 1.54) is 45.1 Å². The molecule has 0 bridgehead atoms. The van der Waals surface area contributed by atoms with E-state index in [1.807, 2.05) is 18.2 Å². The Bertz CT molecular complexity index is 488. The highest BCUT2D eigenvalue weighted by atomic mass is 35.5. The lowest BCUT2D eigenvalue weighted by Crippen LogP contribution is -2.46. The van der Waals surface area contributed by atoms with E-state index in [9.17, 15) is 0 Å². The molecule has 0 aromatic heterocycles. The molecule has 1 aromatic carbocycles. The van der Waals surface area contributed by atoms with Crippen molar-refractivity contribution < 1.29 is 4.74 Å². The van der Waals surface area contributed by atoms with Crippen molar-refractivity contribution in [3.63, 3.8) is 0 Å². The minimum Gasteiger partial charge on any atom is -0.496 e. The summed E-state index contributed by atoms with van der Waals surface area (Å²) in [4.78, 5) is 0. The van der Waals surface area contributed by atoms with Gasteiger partial charge in [0.2, 0.25) is 0 Å². The monoisotopic (exact) mass is 322 g/mol. The Balaban J connectivity index is 1.63. The highest BCUT2D eigenvalue weighted by Gasteiger charge is 2.33. The van der Waals surface area contributed by atoms with Crippen LogP contribution in [0.15, 0.2) is 18.2 Å². The maximum Gasteiger partial charge on any atom is 0.124 e. The SMILES string of the molecule is COc1cccc(Cl)c1CNC1CCCC1C1CCCCN1. The molecule has 1 aromatic rings. The number of ether oxygens (including phenoxy) is 1. The molecule has 1 aliphatic heterocycles. The molecular formula is C18H27ClN2O. The summed E-state index contributed by atoms with van der Waals surface area (Å²) in [6.45, 7) is 1.98. The molecule has 2 aliphatic rings. The smallest absolute Gasteiger partial charge is 0.124 e. The van der Waals surface area contributed by atoms with Gasteiger partial charge in [-0.2, -0.15) is 0 Å². The van der Waals surface area contributed by atoms with Crippen molar-refractivity contribution in [2.75, 3.05) is 13.7 Å². The number of halogens is 1. The Labute approximate surface area is 138 Å². The van der Waals surface area contributed by atoms with E-state index in [0.29, 0.717) is 12.1 Å². The Morgan fingerprint density at radius 3 is 2.91 bits per heavy atom. The molecule has 1 heterocycles. The predicted molar refractivity (Wildman–Crippen MR) is 91.6 cm³/mol. The zero-order valence-electron chi connectivity index (χ0n) is 13.4. The number of nitrogens with one attached hydrogen (secondary N) is 2. The van der Waals surface area contributed by atoms with E-state index >= 15 is 0 Å². The number of hydrogen-bond acceptors (Lipinski definition) is 3. The molecule has 0 amide bonds. The Hall–Kier alpha value is -0.770. The van der Waals surface area contributed by atoms with Crippen LogP contribution in [0.4, 0.5) is 0 Å². The van der Waals surface area contributed by atoms with Gasteiger partial charge in [-0.15, -0.1) is 0 Å². The second-order valence-corrected chi connectivity index (χ2v) is 6.97. The van der Waals surface area contributed by atoms with Gasteiger partial charge < -0.3 is 15.4 Å². The maximum absolute atomic E-state index is 6.35. The Morgan fingerprint density at radius 1 is 1.23 bits per heavy atom. The number of methoxy groups -OCH3 is 1. The fourth-order valence-corrected chi connectivity index (χ4v) is 4.34. The molecule has 1 saturated heterocycles. The minimum absolute atomic E-state index is 0.594. The highest BCUT2D eigenvalue weighted by Crippen LogP contribution is 2.33. The summed E-state index contributed by atoms with van der Waals surface area (Å²) in [5.74, 6) is 1.64. The van der Waals surface area contributed by atoms with E-state index in [1.54, 1.807) is 7.11 Å². The standard InChI is InChI=1S/C18H27ClN2O/c1-22-18-10-5-7-15(19)14(18)12-21-17-9-4-6-13(17)16-8-2-3-11-20-16/h5,7,10,13,16-17,20-21H,2-4,6,8-9,11-12H2,1H3. The number of hydrogen-bond donors (Lipinski definition) is 2. The first-order valence-electron chi connectivity index (χ1n) is 8.57. The zero-order valence-corrected chi connectivity index (χ0v) is 14.2. The van der Waals surface area contributed by atoms with E-state index in [4.69, 9.17) is 16.3 Å². The molecule has 1 saturated carbocycles. The fraction of sp³-hybridized carbons (Fsp3) is 0.667. The van der Waals surface area contributed by atoms with Gasteiger partial charge >= 0.3 is 0 Å². The van der Waals surface area contributed by atoms with Crippen molar-refractivity contribution in [1.82, 2.24) is 10.6 Å². The van der Waals surface area contributed by atoms with Crippen molar-refractivity contribution in [2.45, 2.75) is 57.2 Å². The predicted octanol–water partition coefficient (Wildman–Crippen LogP) is 3.75. The van der Waals surface area contributed by atoms with Gasteiger partial charge in [0.25, 0.3) is 0 Å². The summed E-state index contributed by atoms with van der Waals surface area (Å²) in [5, 5.41) is 8.28. The van der Waals surface area contributed by atoms with Crippen LogP contribution in [-0.4, -0.2) is 25.7 Å². The summed E-state index contributed by atoms with van der Waals surface area (Å²) in [6.07, 6.45) is 7.99. The molecule has 3 atom stereocenters. The lowest BCUT2D eigenvalue weighted by molar-refractivity contribution is 0.256. The first-order chi connectivity index (χ1) is 10.8. The van der Waals surface area contributed by atoms with Crippen LogP contribution in [0.2, 0.25) is 5.02 Å². The Morgan fingerprint density at radius 2 is 2.14 bits per heavy atom. The van der Waals surface area contributed by atoms with Crippen LogP contribution in [-0.2, 0) is 6.54 Å². The van der Waals surface area contributed by atoms with Crippen LogP contribution in [0, 0.1) is 5.92 Å². The number of benzene rings is 1.